The number of pyridine rings is 1. The highest BCUT2D eigenvalue weighted by Gasteiger charge is 2.10. The molecule has 0 aliphatic rings. The van der Waals surface area contributed by atoms with E-state index in [0.717, 1.165) is 16.4 Å². The van der Waals surface area contributed by atoms with Crippen LogP contribution in [0.2, 0.25) is 0 Å². The van der Waals surface area contributed by atoms with Crippen molar-refractivity contribution in [1.82, 2.24) is 9.55 Å². The van der Waals surface area contributed by atoms with Crippen LogP contribution in [0.1, 0.15) is 0 Å². The molecule has 2 heteroatoms. The summed E-state index contributed by atoms with van der Waals surface area (Å²) in [4.78, 5) is 4.58. The highest BCUT2D eigenvalue weighted by molar-refractivity contribution is 6.10. The molecular formula is C21H13N2. The van der Waals surface area contributed by atoms with Crippen molar-refractivity contribution in [3.63, 3.8) is 0 Å². The smallest absolute Gasteiger partial charge is 0.0709 e. The molecule has 0 unspecified atom stereocenters. The maximum Gasteiger partial charge on any atom is 0.0709 e. The van der Waals surface area contributed by atoms with E-state index >= 15 is 0 Å². The molecule has 0 spiro atoms. The summed E-state index contributed by atoms with van der Waals surface area (Å²) in [7, 11) is 0. The van der Waals surface area contributed by atoms with Crippen LogP contribution >= 0.6 is 0 Å². The van der Waals surface area contributed by atoms with Gasteiger partial charge in [0.25, 0.3) is 0 Å². The van der Waals surface area contributed by atoms with E-state index in [0.29, 0.717) is 0 Å². The van der Waals surface area contributed by atoms with Crippen LogP contribution in [0.15, 0.2) is 79.1 Å². The Kier molecular flexibility index (Phi) is 2.53. The molecule has 2 aromatic heterocycles. The van der Waals surface area contributed by atoms with Crippen molar-refractivity contribution in [2.45, 2.75) is 0 Å². The predicted octanol–water partition coefficient (Wildman–Crippen LogP) is 5.13. The Hall–Kier alpha value is -3.13. The van der Waals surface area contributed by atoms with Crippen molar-refractivity contribution in [2.75, 3.05) is 0 Å². The Labute approximate surface area is 133 Å². The second-order valence-corrected chi connectivity index (χ2v) is 5.68. The van der Waals surface area contributed by atoms with Gasteiger partial charge in [0.05, 0.1) is 16.7 Å². The summed E-state index contributed by atoms with van der Waals surface area (Å²) >= 11 is 0. The lowest BCUT2D eigenvalue weighted by Crippen LogP contribution is -1.94. The van der Waals surface area contributed by atoms with Gasteiger partial charge >= 0.3 is 0 Å². The minimum atomic E-state index is 1.02. The van der Waals surface area contributed by atoms with E-state index in [4.69, 9.17) is 0 Å². The molecule has 2 nitrogen and oxygen atoms in total. The largest absolute Gasteiger partial charge is 0.315 e. The molecule has 1 radical (unpaired) electrons. The van der Waals surface area contributed by atoms with Crippen LogP contribution in [-0.4, -0.2) is 9.55 Å². The van der Waals surface area contributed by atoms with Gasteiger partial charge in [-0.25, -0.2) is 0 Å². The first kappa shape index (κ1) is 12.4. The van der Waals surface area contributed by atoms with Crippen LogP contribution in [0.5, 0.6) is 0 Å². The number of benzene rings is 3. The highest BCUT2D eigenvalue weighted by atomic mass is 15.0. The summed E-state index contributed by atoms with van der Waals surface area (Å²) in [5.74, 6) is 0. The zero-order chi connectivity index (χ0) is 15.2. The Bertz CT molecular complexity index is 1170. The van der Waals surface area contributed by atoms with Crippen LogP contribution in [0, 0.1) is 6.07 Å². The third-order valence-electron chi connectivity index (χ3n) is 4.36. The third kappa shape index (κ3) is 1.78. The van der Waals surface area contributed by atoms with Gasteiger partial charge in [0.1, 0.15) is 0 Å². The second kappa shape index (κ2) is 4.68. The van der Waals surface area contributed by atoms with Gasteiger partial charge in [0.2, 0.25) is 0 Å². The van der Waals surface area contributed by atoms with E-state index in [2.05, 4.69) is 70.3 Å². The predicted molar refractivity (Wildman–Crippen MR) is 94.9 cm³/mol. The quantitative estimate of drug-likeness (QED) is 0.392. The van der Waals surface area contributed by atoms with Crippen LogP contribution < -0.4 is 0 Å². The highest BCUT2D eigenvalue weighted by Crippen LogP contribution is 2.31. The molecule has 5 aromatic rings. The lowest BCUT2D eigenvalue weighted by molar-refractivity contribution is 1.14. The van der Waals surface area contributed by atoms with E-state index in [1.54, 1.807) is 0 Å². The van der Waals surface area contributed by atoms with Gasteiger partial charge < -0.3 is 4.57 Å². The number of rotatable bonds is 1. The minimum Gasteiger partial charge on any atom is -0.315 e. The monoisotopic (exact) mass is 293 g/mol. The lowest BCUT2D eigenvalue weighted by atomic mass is 10.0. The van der Waals surface area contributed by atoms with E-state index in [1.165, 1.54) is 21.8 Å². The van der Waals surface area contributed by atoms with Crippen LogP contribution in [0.25, 0.3) is 38.3 Å². The number of nitrogens with zero attached hydrogens (tertiary/aromatic N) is 2. The average molecular weight is 293 g/mol. The first-order chi connectivity index (χ1) is 11.4. The summed E-state index contributed by atoms with van der Waals surface area (Å²) in [6, 6.07) is 26.3. The molecule has 107 valence electrons. The summed E-state index contributed by atoms with van der Waals surface area (Å²) in [5.41, 5.74) is 3.28. The standard InChI is InChI=1S/C21H13N2/c1-4-10-19-15(6-1)12-13-23(19)20-11-5-7-16-14-22-18-9-3-2-8-17(18)21(16)20/h1-9,11-14H. The van der Waals surface area contributed by atoms with Crippen molar-refractivity contribution in [3.05, 3.63) is 85.2 Å². The number of para-hydroxylation sites is 2. The molecule has 5 rings (SSSR count). The summed E-state index contributed by atoms with van der Waals surface area (Å²) < 4.78 is 2.21. The molecule has 23 heavy (non-hydrogen) atoms. The molecule has 0 N–H and O–H groups in total. The van der Waals surface area contributed by atoms with Crippen LogP contribution in [0.3, 0.4) is 0 Å². The molecule has 0 bridgehead atoms. The molecule has 0 atom stereocenters. The lowest BCUT2D eigenvalue weighted by Gasteiger charge is -2.11. The molecule has 0 saturated carbocycles. The maximum atomic E-state index is 4.58. The number of hydrogen-bond donors (Lipinski definition) is 0. The van der Waals surface area contributed by atoms with Crippen molar-refractivity contribution in [3.8, 4) is 5.69 Å². The molecule has 2 heterocycles. The fourth-order valence-electron chi connectivity index (χ4n) is 3.31. The first-order valence-electron chi connectivity index (χ1n) is 7.66. The molecule has 0 amide bonds. The van der Waals surface area contributed by atoms with Crippen molar-refractivity contribution in [2.24, 2.45) is 0 Å². The molecule has 0 aliphatic heterocycles. The van der Waals surface area contributed by atoms with E-state index in [9.17, 15) is 0 Å². The normalized spacial score (nSPS) is 11.5. The second-order valence-electron chi connectivity index (χ2n) is 5.68. The van der Waals surface area contributed by atoms with Gasteiger partial charge in [-0.3, -0.25) is 4.98 Å². The molecule has 3 aromatic carbocycles. The summed E-state index contributed by atoms with van der Waals surface area (Å²) in [6.07, 6.45) is 4.07. The van der Waals surface area contributed by atoms with Crippen molar-refractivity contribution < 1.29 is 0 Å². The maximum absolute atomic E-state index is 4.58. The number of hydrogen-bond acceptors (Lipinski definition) is 1. The fourth-order valence-corrected chi connectivity index (χ4v) is 3.31. The van der Waals surface area contributed by atoms with E-state index in [-0.39, 0.29) is 0 Å². The Balaban J connectivity index is 1.97. The number of aromatic nitrogens is 2. The molecule has 0 aliphatic carbocycles. The van der Waals surface area contributed by atoms with Crippen molar-refractivity contribution >= 4 is 32.6 Å². The van der Waals surface area contributed by atoms with Gasteiger partial charge in [-0.05, 0) is 18.2 Å². The summed E-state index contributed by atoms with van der Waals surface area (Å²) in [6.45, 7) is 0. The minimum absolute atomic E-state index is 1.02. The van der Waals surface area contributed by atoms with Gasteiger partial charge in [0.15, 0.2) is 0 Å². The SMILES string of the molecule is [c]1cccc2ccn(-c3cccc4cnc5ccccc5c34)c12. The first-order valence-corrected chi connectivity index (χ1v) is 7.66. The van der Waals surface area contributed by atoms with Crippen molar-refractivity contribution in [1.29, 1.82) is 0 Å². The third-order valence-corrected chi connectivity index (χ3v) is 4.36. The topological polar surface area (TPSA) is 17.8 Å². The zero-order valence-electron chi connectivity index (χ0n) is 12.4. The van der Waals surface area contributed by atoms with Gasteiger partial charge in [0, 0.05) is 40.0 Å². The molecular weight excluding hydrogens is 280 g/mol. The van der Waals surface area contributed by atoms with Crippen LogP contribution in [-0.2, 0) is 0 Å². The fraction of sp³-hybridized carbons (Fsp3) is 0. The van der Waals surface area contributed by atoms with Gasteiger partial charge in [-0.1, -0.05) is 48.5 Å². The Morgan fingerprint density at radius 3 is 2.74 bits per heavy atom. The van der Waals surface area contributed by atoms with E-state index in [1.807, 2.05) is 24.4 Å². The van der Waals surface area contributed by atoms with E-state index < -0.39 is 0 Å². The Morgan fingerprint density at radius 1 is 0.826 bits per heavy atom. The zero-order valence-corrected chi connectivity index (χ0v) is 12.4. The average Bonchev–Trinajstić information content (AvgIpc) is 3.05. The molecule has 0 saturated heterocycles. The Morgan fingerprint density at radius 2 is 1.74 bits per heavy atom. The van der Waals surface area contributed by atoms with Gasteiger partial charge in [-0.15, -0.1) is 0 Å². The van der Waals surface area contributed by atoms with Crippen LogP contribution in [0.4, 0.5) is 0 Å². The van der Waals surface area contributed by atoms with Gasteiger partial charge in [-0.2, -0.15) is 0 Å². The number of fused-ring (bicyclic) bond motifs is 4. The molecule has 0 fully saturated rings. The summed E-state index contributed by atoms with van der Waals surface area (Å²) in [5, 5.41) is 4.76.